The number of nitrogens with zero attached hydrogens (tertiary/aromatic N) is 3. The molecule has 0 bridgehead atoms. The minimum atomic E-state index is -0.173. The van der Waals surface area contributed by atoms with Crippen molar-refractivity contribution in [3.05, 3.63) is 60.4 Å². The Labute approximate surface area is 211 Å². The minimum Gasteiger partial charge on any atom is -0.494 e. The lowest BCUT2D eigenvalue weighted by Gasteiger charge is -2.33. The van der Waals surface area contributed by atoms with E-state index in [0.717, 1.165) is 35.1 Å². The monoisotopic (exact) mass is 492 g/mol. The van der Waals surface area contributed by atoms with E-state index in [2.05, 4.69) is 45.3 Å². The van der Waals surface area contributed by atoms with Gasteiger partial charge in [0, 0.05) is 36.4 Å². The molecule has 0 saturated carbocycles. The lowest BCUT2D eigenvalue weighted by atomic mass is 9.97. The van der Waals surface area contributed by atoms with Gasteiger partial charge in [0.05, 0.1) is 24.8 Å². The average molecular weight is 493 g/mol. The van der Waals surface area contributed by atoms with Crippen LogP contribution in [0, 0.1) is 12.8 Å². The summed E-state index contributed by atoms with van der Waals surface area (Å²) in [5.74, 6) is 1.97. The summed E-state index contributed by atoms with van der Waals surface area (Å²) >= 11 is 1.60. The van der Waals surface area contributed by atoms with Crippen LogP contribution in [0.25, 0.3) is 0 Å². The molecule has 7 nitrogen and oxygen atoms in total. The van der Waals surface area contributed by atoms with Gasteiger partial charge in [0.1, 0.15) is 16.5 Å². The van der Waals surface area contributed by atoms with E-state index in [1.54, 1.807) is 24.2 Å². The molecule has 1 atom stereocenters. The molecule has 1 amide bonds. The van der Waals surface area contributed by atoms with Gasteiger partial charge < -0.3 is 19.7 Å². The van der Waals surface area contributed by atoms with E-state index in [1.165, 1.54) is 5.56 Å². The number of ether oxygens (including phenoxy) is 2. The van der Waals surface area contributed by atoms with Crippen LogP contribution in [0.15, 0.2) is 64.8 Å². The summed E-state index contributed by atoms with van der Waals surface area (Å²) in [4.78, 5) is 25.9. The highest BCUT2D eigenvalue weighted by molar-refractivity contribution is 7.99. The van der Waals surface area contributed by atoms with Crippen molar-refractivity contribution < 1.29 is 14.3 Å². The van der Waals surface area contributed by atoms with Crippen molar-refractivity contribution in [3.63, 3.8) is 0 Å². The van der Waals surface area contributed by atoms with Crippen molar-refractivity contribution in [1.82, 2.24) is 9.97 Å². The highest BCUT2D eigenvalue weighted by Crippen LogP contribution is 2.35. The molecule has 2 aromatic carbocycles. The first-order valence-electron chi connectivity index (χ1n) is 12.1. The van der Waals surface area contributed by atoms with Crippen LogP contribution < -0.4 is 19.7 Å². The molecule has 1 aromatic heterocycles. The second-order valence-corrected chi connectivity index (χ2v) is 9.46. The number of anilines is 2. The Kier molecular flexibility index (Phi) is 8.47. The zero-order valence-electron chi connectivity index (χ0n) is 20.5. The number of rotatable bonds is 9. The van der Waals surface area contributed by atoms with E-state index in [0.29, 0.717) is 36.9 Å². The summed E-state index contributed by atoms with van der Waals surface area (Å²) in [7, 11) is 0. The molecule has 0 aliphatic carbocycles. The molecule has 1 N–H and O–H groups in total. The fraction of sp³-hybridized carbons (Fsp3) is 0.370. The molecule has 4 rings (SSSR count). The smallest absolute Gasteiger partial charge is 0.229 e. The van der Waals surface area contributed by atoms with Gasteiger partial charge in [-0.25, -0.2) is 9.97 Å². The summed E-state index contributed by atoms with van der Waals surface area (Å²) in [6.45, 7) is 8.44. The number of benzene rings is 2. The summed E-state index contributed by atoms with van der Waals surface area (Å²) in [6.07, 6.45) is 5.15. The van der Waals surface area contributed by atoms with Gasteiger partial charge in [-0.3, -0.25) is 4.79 Å². The molecule has 1 fully saturated rings. The number of amides is 1. The molecular weight excluding hydrogens is 460 g/mol. The van der Waals surface area contributed by atoms with E-state index in [-0.39, 0.29) is 11.8 Å². The van der Waals surface area contributed by atoms with Crippen molar-refractivity contribution in [1.29, 1.82) is 0 Å². The quantitative estimate of drug-likeness (QED) is 0.417. The van der Waals surface area contributed by atoms with Gasteiger partial charge in [0.2, 0.25) is 5.91 Å². The number of aryl methyl sites for hydroxylation is 1. The second kappa shape index (κ2) is 11.9. The fourth-order valence-corrected chi connectivity index (χ4v) is 5.16. The molecule has 8 heteroatoms. The lowest BCUT2D eigenvalue weighted by molar-refractivity contribution is -0.120. The standard InChI is InChI=1S/C27H32N4O3S/c1-4-33-21-11-12-24(34-5-2)23(17-21)30-26(32)20-9-7-15-31(18-20)25-27(29-14-13-28-25)35-22-10-6-8-19(3)16-22/h6,8,10-14,16-17,20H,4-5,7,9,15,18H2,1-3H3,(H,30,32). The van der Waals surface area contributed by atoms with E-state index < -0.39 is 0 Å². The largest absolute Gasteiger partial charge is 0.494 e. The molecule has 1 unspecified atom stereocenters. The number of aromatic nitrogens is 2. The maximum Gasteiger partial charge on any atom is 0.229 e. The number of carbonyl (C=O) groups is 1. The lowest BCUT2D eigenvalue weighted by Crippen LogP contribution is -2.41. The number of hydrogen-bond donors (Lipinski definition) is 1. The average Bonchev–Trinajstić information content (AvgIpc) is 2.86. The van der Waals surface area contributed by atoms with Gasteiger partial charge >= 0.3 is 0 Å². The fourth-order valence-electron chi connectivity index (χ4n) is 4.16. The van der Waals surface area contributed by atoms with E-state index in [4.69, 9.17) is 9.47 Å². The summed E-state index contributed by atoms with van der Waals surface area (Å²) < 4.78 is 11.3. The Bertz CT molecular complexity index is 1160. The van der Waals surface area contributed by atoms with Gasteiger partial charge in [0.25, 0.3) is 0 Å². The topological polar surface area (TPSA) is 76.6 Å². The van der Waals surface area contributed by atoms with E-state index in [1.807, 2.05) is 38.1 Å². The molecule has 0 radical (unpaired) electrons. The molecule has 3 aromatic rings. The van der Waals surface area contributed by atoms with E-state index in [9.17, 15) is 4.79 Å². The molecule has 184 valence electrons. The Balaban J connectivity index is 1.49. The maximum atomic E-state index is 13.3. The van der Waals surface area contributed by atoms with Crippen LogP contribution in [0.2, 0.25) is 0 Å². The van der Waals surface area contributed by atoms with Crippen LogP contribution in [0.1, 0.15) is 32.3 Å². The molecule has 0 spiro atoms. The van der Waals surface area contributed by atoms with Crippen molar-refractivity contribution >= 4 is 29.2 Å². The SMILES string of the molecule is CCOc1ccc(OCC)c(NC(=O)C2CCCN(c3nccnc3Sc3cccc(C)c3)C2)c1. The van der Waals surface area contributed by atoms with Gasteiger partial charge in [0.15, 0.2) is 5.82 Å². The van der Waals surface area contributed by atoms with Gasteiger partial charge in [-0.1, -0.05) is 29.5 Å². The molecule has 2 heterocycles. The van der Waals surface area contributed by atoms with Crippen LogP contribution in [0.5, 0.6) is 11.5 Å². The first-order chi connectivity index (χ1) is 17.1. The highest BCUT2D eigenvalue weighted by atomic mass is 32.2. The van der Waals surface area contributed by atoms with E-state index >= 15 is 0 Å². The second-order valence-electron chi connectivity index (χ2n) is 8.40. The maximum absolute atomic E-state index is 13.3. The van der Waals surface area contributed by atoms with Crippen molar-refractivity contribution in [3.8, 4) is 11.5 Å². The third-order valence-corrected chi connectivity index (χ3v) is 6.73. The normalized spacial score (nSPS) is 15.5. The highest BCUT2D eigenvalue weighted by Gasteiger charge is 2.29. The Hall–Kier alpha value is -3.26. The van der Waals surface area contributed by atoms with Gasteiger partial charge in [-0.05, 0) is 57.9 Å². The number of carbonyl (C=O) groups excluding carboxylic acids is 1. The Morgan fingerprint density at radius 2 is 1.94 bits per heavy atom. The van der Waals surface area contributed by atoms with Crippen LogP contribution in [-0.2, 0) is 4.79 Å². The van der Waals surface area contributed by atoms with Crippen LogP contribution >= 0.6 is 11.8 Å². The first kappa shape index (κ1) is 24.9. The molecule has 1 saturated heterocycles. The zero-order chi connectivity index (χ0) is 24.6. The third-order valence-electron chi connectivity index (χ3n) is 5.76. The molecule has 35 heavy (non-hydrogen) atoms. The number of nitrogens with one attached hydrogen (secondary N) is 1. The van der Waals surface area contributed by atoms with Crippen LogP contribution in [-0.4, -0.2) is 42.2 Å². The molecule has 1 aliphatic rings. The minimum absolute atomic E-state index is 0.0268. The van der Waals surface area contributed by atoms with Gasteiger partial charge in [-0.15, -0.1) is 0 Å². The summed E-state index contributed by atoms with van der Waals surface area (Å²) in [5, 5.41) is 3.93. The van der Waals surface area contributed by atoms with Crippen LogP contribution in [0.4, 0.5) is 11.5 Å². The Morgan fingerprint density at radius 3 is 2.74 bits per heavy atom. The predicted octanol–water partition coefficient (Wildman–Crippen LogP) is 5.59. The number of piperidine rings is 1. The third kappa shape index (κ3) is 6.45. The van der Waals surface area contributed by atoms with Crippen molar-refractivity contribution in [2.24, 2.45) is 5.92 Å². The number of hydrogen-bond acceptors (Lipinski definition) is 7. The van der Waals surface area contributed by atoms with Gasteiger partial charge in [-0.2, -0.15) is 0 Å². The van der Waals surface area contributed by atoms with Crippen molar-refractivity contribution in [2.75, 3.05) is 36.5 Å². The summed E-state index contributed by atoms with van der Waals surface area (Å²) in [6, 6.07) is 13.9. The molecule has 1 aliphatic heterocycles. The Morgan fingerprint density at radius 1 is 1.11 bits per heavy atom. The first-order valence-corrected chi connectivity index (χ1v) is 12.9. The molecular formula is C27H32N4O3S. The summed E-state index contributed by atoms with van der Waals surface area (Å²) in [5.41, 5.74) is 1.84. The van der Waals surface area contributed by atoms with Crippen LogP contribution in [0.3, 0.4) is 0 Å². The predicted molar refractivity (Wildman–Crippen MR) is 140 cm³/mol. The van der Waals surface area contributed by atoms with Crippen molar-refractivity contribution in [2.45, 2.75) is 43.5 Å². The zero-order valence-corrected chi connectivity index (χ0v) is 21.3.